The lowest BCUT2D eigenvalue weighted by Crippen LogP contribution is -2.03. The van der Waals surface area contributed by atoms with E-state index in [2.05, 4.69) is 4.98 Å². The van der Waals surface area contributed by atoms with Gasteiger partial charge in [0.2, 0.25) is 0 Å². The van der Waals surface area contributed by atoms with Gasteiger partial charge >= 0.3 is 0 Å². The maximum Gasteiger partial charge on any atom is 0.195 e. The van der Waals surface area contributed by atoms with Gasteiger partial charge in [0.05, 0.1) is 18.1 Å². The van der Waals surface area contributed by atoms with Crippen molar-refractivity contribution >= 4 is 27.6 Å². The van der Waals surface area contributed by atoms with Gasteiger partial charge in [-0.15, -0.1) is 0 Å². The fourth-order valence-electron chi connectivity index (χ4n) is 2.94. The summed E-state index contributed by atoms with van der Waals surface area (Å²) < 4.78 is 18.7. The number of hydrogen-bond donors (Lipinski definition) is 0. The SMILES string of the molecule is COc1ccc2nc3c(C(=O)c4cccc(F)c4)cccc3cc2c1. The standard InChI is InChI=1S/C21H14FNO2/c1-25-17-8-9-19-15(12-17)10-13-4-3-7-18(20(13)23-19)21(24)14-5-2-6-16(22)11-14/h2-12H,1H3. The molecule has 4 heteroatoms. The molecule has 1 aromatic heterocycles. The molecule has 0 unspecified atom stereocenters. The number of rotatable bonds is 3. The first kappa shape index (κ1) is 15.3. The zero-order valence-corrected chi connectivity index (χ0v) is 13.5. The van der Waals surface area contributed by atoms with Crippen molar-refractivity contribution in [3.05, 3.63) is 83.7 Å². The Labute approximate surface area is 143 Å². The topological polar surface area (TPSA) is 39.2 Å². The van der Waals surface area contributed by atoms with Crippen LogP contribution in [0.2, 0.25) is 0 Å². The molecule has 0 saturated carbocycles. The number of nitrogens with zero attached hydrogens (tertiary/aromatic N) is 1. The van der Waals surface area contributed by atoms with Crippen LogP contribution in [0.1, 0.15) is 15.9 Å². The Morgan fingerprint density at radius 2 is 1.80 bits per heavy atom. The molecule has 25 heavy (non-hydrogen) atoms. The van der Waals surface area contributed by atoms with Crippen LogP contribution >= 0.6 is 0 Å². The number of halogens is 1. The number of carbonyl (C=O) groups excluding carboxylic acids is 1. The molecule has 3 nitrogen and oxygen atoms in total. The maximum atomic E-state index is 13.5. The van der Waals surface area contributed by atoms with Crippen molar-refractivity contribution in [3.8, 4) is 5.75 Å². The van der Waals surface area contributed by atoms with E-state index < -0.39 is 5.82 Å². The summed E-state index contributed by atoms with van der Waals surface area (Å²) in [5.41, 5.74) is 2.15. The van der Waals surface area contributed by atoms with Gasteiger partial charge in [0.25, 0.3) is 0 Å². The molecule has 0 radical (unpaired) electrons. The van der Waals surface area contributed by atoms with Crippen molar-refractivity contribution in [2.24, 2.45) is 0 Å². The highest BCUT2D eigenvalue weighted by Gasteiger charge is 2.15. The second kappa shape index (κ2) is 5.98. The monoisotopic (exact) mass is 331 g/mol. The van der Waals surface area contributed by atoms with Crippen LogP contribution in [-0.2, 0) is 0 Å². The van der Waals surface area contributed by atoms with Gasteiger partial charge in [-0.25, -0.2) is 9.37 Å². The number of pyridine rings is 1. The Balaban J connectivity index is 1.92. The van der Waals surface area contributed by atoms with Gasteiger partial charge in [-0.05, 0) is 42.5 Å². The van der Waals surface area contributed by atoms with Gasteiger partial charge in [-0.2, -0.15) is 0 Å². The minimum absolute atomic E-state index is 0.245. The van der Waals surface area contributed by atoms with Crippen molar-refractivity contribution in [2.75, 3.05) is 7.11 Å². The average Bonchev–Trinajstić information content (AvgIpc) is 2.64. The molecule has 0 aliphatic rings. The summed E-state index contributed by atoms with van der Waals surface area (Å²) >= 11 is 0. The fraction of sp³-hybridized carbons (Fsp3) is 0.0476. The Morgan fingerprint density at radius 1 is 0.960 bits per heavy atom. The molecule has 0 N–H and O–H groups in total. The molecule has 3 aromatic carbocycles. The molecule has 0 bridgehead atoms. The van der Waals surface area contributed by atoms with Gasteiger partial charge in [0.15, 0.2) is 5.78 Å². The molecule has 0 aliphatic heterocycles. The zero-order chi connectivity index (χ0) is 17.4. The fourth-order valence-corrected chi connectivity index (χ4v) is 2.94. The van der Waals surface area contributed by atoms with Crippen molar-refractivity contribution in [2.45, 2.75) is 0 Å². The lowest BCUT2D eigenvalue weighted by atomic mass is 9.99. The van der Waals surface area contributed by atoms with E-state index in [1.165, 1.54) is 18.2 Å². The lowest BCUT2D eigenvalue weighted by Gasteiger charge is -2.08. The van der Waals surface area contributed by atoms with Crippen LogP contribution in [0.25, 0.3) is 21.8 Å². The van der Waals surface area contributed by atoms with Crippen molar-refractivity contribution < 1.29 is 13.9 Å². The third-order valence-electron chi connectivity index (χ3n) is 4.18. The minimum Gasteiger partial charge on any atom is -0.497 e. The first-order valence-electron chi connectivity index (χ1n) is 7.83. The molecule has 0 aliphatic carbocycles. The maximum absolute atomic E-state index is 13.5. The van der Waals surface area contributed by atoms with E-state index in [0.717, 1.165) is 22.0 Å². The summed E-state index contributed by atoms with van der Waals surface area (Å²) in [6.45, 7) is 0. The Hall–Kier alpha value is -3.27. The molecule has 1 heterocycles. The summed E-state index contributed by atoms with van der Waals surface area (Å²) in [7, 11) is 1.62. The lowest BCUT2D eigenvalue weighted by molar-refractivity contribution is 0.103. The van der Waals surface area contributed by atoms with E-state index in [4.69, 9.17) is 4.74 Å². The number of methoxy groups -OCH3 is 1. The van der Waals surface area contributed by atoms with Crippen LogP contribution in [0.5, 0.6) is 5.75 Å². The third kappa shape index (κ3) is 2.72. The van der Waals surface area contributed by atoms with Crippen molar-refractivity contribution in [1.29, 1.82) is 0 Å². The molecule has 4 rings (SSSR count). The smallest absolute Gasteiger partial charge is 0.195 e. The van der Waals surface area contributed by atoms with Crippen molar-refractivity contribution in [1.82, 2.24) is 4.98 Å². The number of ether oxygens (including phenoxy) is 1. The van der Waals surface area contributed by atoms with Crippen LogP contribution in [-0.4, -0.2) is 17.9 Å². The predicted molar refractivity (Wildman–Crippen MR) is 95.6 cm³/mol. The van der Waals surface area contributed by atoms with E-state index in [1.54, 1.807) is 19.2 Å². The van der Waals surface area contributed by atoms with E-state index in [0.29, 0.717) is 16.6 Å². The van der Waals surface area contributed by atoms with Crippen LogP contribution in [0, 0.1) is 5.82 Å². The molecule has 4 aromatic rings. The average molecular weight is 331 g/mol. The first-order chi connectivity index (χ1) is 12.2. The van der Waals surface area contributed by atoms with E-state index in [-0.39, 0.29) is 5.78 Å². The second-order valence-corrected chi connectivity index (χ2v) is 5.76. The molecule has 0 saturated heterocycles. The van der Waals surface area contributed by atoms with Gasteiger partial charge in [-0.3, -0.25) is 4.79 Å². The first-order valence-corrected chi connectivity index (χ1v) is 7.83. The van der Waals surface area contributed by atoms with E-state index in [9.17, 15) is 9.18 Å². The highest BCUT2D eigenvalue weighted by Crippen LogP contribution is 2.26. The summed E-state index contributed by atoms with van der Waals surface area (Å²) in [5.74, 6) is 0.0719. The summed E-state index contributed by atoms with van der Waals surface area (Å²) in [6, 6.07) is 18.7. The molecule has 0 amide bonds. The van der Waals surface area contributed by atoms with E-state index >= 15 is 0 Å². The van der Waals surface area contributed by atoms with Gasteiger partial charge in [0.1, 0.15) is 11.6 Å². The summed E-state index contributed by atoms with van der Waals surface area (Å²) in [4.78, 5) is 17.5. The Kier molecular flexibility index (Phi) is 3.65. The number of ketones is 1. The molecule has 0 spiro atoms. The highest BCUT2D eigenvalue weighted by molar-refractivity contribution is 6.16. The number of carbonyl (C=O) groups is 1. The molecular formula is C21H14FNO2. The molecular weight excluding hydrogens is 317 g/mol. The molecule has 122 valence electrons. The number of fused-ring (bicyclic) bond motifs is 2. The molecule has 0 fully saturated rings. The van der Waals surface area contributed by atoms with Crippen LogP contribution in [0.4, 0.5) is 4.39 Å². The summed E-state index contributed by atoms with van der Waals surface area (Å²) in [5, 5.41) is 1.78. The largest absolute Gasteiger partial charge is 0.497 e. The van der Waals surface area contributed by atoms with Crippen molar-refractivity contribution in [3.63, 3.8) is 0 Å². The normalized spacial score (nSPS) is 11.0. The highest BCUT2D eigenvalue weighted by atomic mass is 19.1. The zero-order valence-electron chi connectivity index (χ0n) is 13.5. The third-order valence-corrected chi connectivity index (χ3v) is 4.18. The molecule has 0 atom stereocenters. The number of hydrogen-bond acceptors (Lipinski definition) is 3. The van der Waals surface area contributed by atoms with Crippen LogP contribution in [0.3, 0.4) is 0 Å². The van der Waals surface area contributed by atoms with Crippen LogP contribution in [0.15, 0.2) is 66.7 Å². The number of benzene rings is 3. The van der Waals surface area contributed by atoms with Gasteiger partial charge in [-0.1, -0.05) is 24.3 Å². The minimum atomic E-state index is -0.434. The summed E-state index contributed by atoms with van der Waals surface area (Å²) in [6.07, 6.45) is 0. The Bertz CT molecular complexity index is 1120. The number of para-hydroxylation sites is 1. The quantitative estimate of drug-likeness (QED) is 0.401. The van der Waals surface area contributed by atoms with E-state index in [1.807, 2.05) is 36.4 Å². The van der Waals surface area contributed by atoms with Gasteiger partial charge in [0, 0.05) is 21.9 Å². The Morgan fingerprint density at radius 3 is 2.60 bits per heavy atom. The van der Waals surface area contributed by atoms with Crippen LogP contribution < -0.4 is 4.74 Å². The second-order valence-electron chi connectivity index (χ2n) is 5.76. The number of aromatic nitrogens is 1. The van der Waals surface area contributed by atoms with Gasteiger partial charge < -0.3 is 4.74 Å². The predicted octanol–water partition coefficient (Wildman–Crippen LogP) is 4.77.